The number of nitrogens with zero attached hydrogens (tertiary/aromatic N) is 1. The molecule has 4 nitrogen and oxygen atoms in total. The topological polar surface area (TPSA) is 49.8 Å². The first-order valence-electron chi connectivity index (χ1n) is 7.93. The standard InChI is InChI=1S/C19H23NO3/c1-3-20(4-2)13-14-23-18-11-9-15-7-5-6-8-16(15)17(18)10-12-19(21)22/h5-12H,3-4,13-14H2,1-2H3,(H,21,22). The van der Waals surface area contributed by atoms with E-state index in [9.17, 15) is 4.79 Å². The van der Waals surface area contributed by atoms with Crippen LogP contribution in [-0.2, 0) is 4.79 Å². The van der Waals surface area contributed by atoms with Crippen molar-refractivity contribution in [1.82, 2.24) is 4.90 Å². The van der Waals surface area contributed by atoms with Crippen LogP contribution in [0, 0.1) is 0 Å². The van der Waals surface area contributed by atoms with Gasteiger partial charge in [-0.2, -0.15) is 0 Å². The van der Waals surface area contributed by atoms with Crippen LogP contribution in [0.3, 0.4) is 0 Å². The van der Waals surface area contributed by atoms with Crippen molar-refractivity contribution in [1.29, 1.82) is 0 Å². The Hall–Kier alpha value is -2.33. The fourth-order valence-electron chi connectivity index (χ4n) is 2.55. The van der Waals surface area contributed by atoms with E-state index in [-0.39, 0.29) is 0 Å². The number of likely N-dealkylation sites (N-methyl/N-ethyl adjacent to an activating group) is 1. The molecule has 0 atom stereocenters. The van der Waals surface area contributed by atoms with E-state index >= 15 is 0 Å². The SMILES string of the molecule is CCN(CC)CCOc1ccc2ccccc2c1C=CC(=O)O. The molecule has 0 aromatic heterocycles. The largest absolute Gasteiger partial charge is 0.492 e. The number of hydrogen-bond donors (Lipinski definition) is 1. The maximum Gasteiger partial charge on any atom is 0.328 e. The molecule has 0 aliphatic carbocycles. The predicted octanol–water partition coefficient (Wildman–Crippen LogP) is 3.66. The van der Waals surface area contributed by atoms with Gasteiger partial charge in [-0.1, -0.05) is 44.2 Å². The molecular weight excluding hydrogens is 290 g/mol. The second kappa shape index (κ2) is 8.34. The van der Waals surface area contributed by atoms with Crippen molar-refractivity contribution in [3.05, 3.63) is 48.0 Å². The summed E-state index contributed by atoms with van der Waals surface area (Å²) in [4.78, 5) is 13.2. The monoisotopic (exact) mass is 313 g/mol. The van der Waals surface area contributed by atoms with Gasteiger partial charge in [-0.15, -0.1) is 0 Å². The molecule has 23 heavy (non-hydrogen) atoms. The number of ether oxygens (including phenoxy) is 1. The number of fused-ring (bicyclic) bond motifs is 1. The fourth-order valence-corrected chi connectivity index (χ4v) is 2.55. The molecule has 0 fully saturated rings. The molecule has 122 valence electrons. The normalized spacial score (nSPS) is 11.4. The van der Waals surface area contributed by atoms with Crippen LogP contribution in [0.4, 0.5) is 0 Å². The zero-order valence-corrected chi connectivity index (χ0v) is 13.7. The molecule has 2 aromatic carbocycles. The lowest BCUT2D eigenvalue weighted by Crippen LogP contribution is -2.28. The van der Waals surface area contributed by atoms with E-state index in [0.717, 1.165) is 42.0 Å². The molecule has 0 amide bonds. The van der Waals surface area contributed by atoms with Crippen LogP contribution in [0.2, 0.25) is 0 Å². The number of rotatable bonds is 8. The molecule has 0 bridgehead atoms. The second-order valence-corrected chi connectivity index (χ2v) is 5.25. The van der Waals surface area contributed by atoms with Crippen LogP contribution in [0.15, 0.2) is 42.5 Å². The molecule has 0 heterocycles. The molecular formula is C19H23NO3. The van der Waals surface area contributed by atoms with Crippen molar-refractivity contribution >= 4 is 22.8 Å². The van der Waals surface area contributed by atoms with Gasteiger partial charge in [0.2, 0.25) is 0 Å². The molecule has 0 saturated carbocycles. The molecule has 4 heteroatoms. The van der Waals surface area contributed by atoms with Crippen LogP contribution in [-0.4, -0.2) is 42.2 Å². The molecule has 0 radical (unpaired) electrons. The van der Waals surface area contributed by atoms with Gasteiger partial charge in [-0.05, 0) is 36.0 Å². The highest BCUT2D eigenvalue weighted by atomic mass is 16.5. The van der Waals surface area contributed by atoms with Gasteiger partial charge in [0, 0.05) is 18.2 Å². The molecule has 0 aliphatic heterocycles. The summed E-state index contributed by atoms with van der Waals surface area (Å²) in [5, 5.41) is 11.0. The molecule has 0 spiro atoms. The summed E-state index contributed by atoms with van der Waals surface area (Å²) in [5.41, 5.74) is 0.810. The van der Waals surface area contributed by atoms with Gasteiger partial charge >= 0.3 is 5.97 Å². The quantitative estimate of drug-likeness (QED) is 0.756. The van der Waals surface area contributed by atoms with Crippen LogP contribution in [0.5, 0.6) is 5.75 Å². The average molecular weight is 313 g/mol. The van der Waals surface area contributed by atoms with Gasteiger partial charge in [-0.25, -0.2) is 4.79 Å². The maximum atomic E-state index is 10.9. The van der Waals surface area contributed by atoms with Crippen molar-refractivity contribution < 1.29 is 14.6 Å². The van der Waals surface area contributed by atoms with E-state index in [4.69, 9.17) is 9.84 Å². The number of aliphatic carboxylic acids is 1. The van der Waals surface area contributed by atoms with Crippen molar-refractivity contribution in [2.75, 3.05) is 26.2 Å². The zero-order valence-electron chi connectivity index (χ0n) is 13.7. The summed E-state index contributed by atoms with van der Waals surface area (Å²) in [7, 11) is 0. The van der Waals surface area contributed by atoms with Crippen LogP contribution >= 0.6 is 0 Å². The van der Waals surface area contributed by atoms with Crippen LogP contribution < -0.4 is 4.74 Å². The van der Waals surface area contributed by atoms with Gasteiger partial charge in [0.1, 0.15) is 12.4 Å². The summed E-state index contributed by atoms with van der Waals surface area (Å²) in [6, 6.07) is 11.8. The van der Waals surface area contributed by atoms with Gasteiger partial charge in [0.25, 0.3) is 0 Å². The lowest BCUT2D eigenvalue weighted by molar-refractivity contribution is -0.131. The summed E-state index contributed by atoms with van der Waals surface area (Å²) in [6.07, 6.45) is 2.76. The minimum atomic E-state index is -0.966. The summed E-state index contributed by atoms with van der Waals surface area (Å²) in [6.45, 7) is 7.66. The summed E-state index contributed by atoms with van der Waals surface area (Å²) < 4.78 is 5.93. The first-order chi connectivity index (χ1) is 11.2. The van der Waals surface area contributed by atoms with Gasteiger partial charge < -0.3 is 14.7 Å². The third-order valence-electron chi connectivity index (χ3n) is 3.88. The molecule has 0 unspecified atom stereocenters. The van der Waals surface area contributed by atoms with E-state index in [1.165, 1.54) is 0 Å². The zero-order chi connectivity index (χ0) is 16.7. The Bertz CT molecular complexity index is 690. The Balaban J connectivity index is 2.27. The Morgan fingerprint density at radius 1 is 1.17 bits per heavy atom. The highest BCUT2D eigenvalue weighted by Gasteiger charge is 2.08. The highest BCUT2D eigenvalue weighted by Crippen LogP contribution is 2.29. The van der Waals surface area contributed by atoms with Gasteiger partial charge in [-0.3, -0.25) is 0 Å². The van der Waals surface area contributed by atoms with Crippen molar-refractivity contribution in [2.24, 2.45) is 0 Å². The van der Waals surface area contributed by atoms with E-state index in [2.05, 4.69) is 18.7 Å². The van der Waals surface area contributed by atoms with Gasteiger partial charge in [0.05, 0.1) is 0 Å². The third-order valence-corrected chi connectivity index (χ3v) is 3.88. The number of benzene rings is 2. The number of carbonyl (C=O) groups is 1. The van der Waals surface area contributed by atoms with Crippen molar-refractivity contribution in [3.63, 3.8) is 0 Å². The minimum Gasteiger partial charge on any atom is -0.492 e. The van der Waals surface area contributed by atoms with Crippen molar-refractivity contribution in [3.8, 4) is 5.75 Å². The number of carboxylic acids is 1. The first kappa shape index (κ1) is 17.0. The average Bonchev–Trinajstić information content (AvgIpc) is 2.57. The Kier molecular flexibility index (Phi) is 6.18. The van der Waals surface area contributed by atoms with E-state index in [1.54, 1.807) is 6.08 Å². The number of hydrogen-bond acceptors (Lipinski definition) is 3. The highest BCUT2D eigenvalue weighted by molar-refractivity contribution is 5.96. The molecule has 1 N–H and O–H groups in total. The Morgan fingerprint density at radius 3 is 2.61 bits per heavy atom. The van der Waals surface area contributed by atoms with Gasteiger partial charge in [0.15, 0.2) is 0 Å². The second-order valence-electron chi connectivity index (χ2n) is 5.25. The van der Waals surface area contributed by atoms with E-state index in [1.807, 2.05) is 36.4 Å². The van der Waals surface area contributed by atoms with E-state index in [0.29, 0.717) is 12.4 Å². The fraction of sp³-hybridized carbons (Fsp3) is 0.316. The maximum absolute atomic E-state index is 10.9. The molecule has 0 aliphatic rings. The summed E-state index contributed by atoms with van der Waals surface area (Å²) in [5.74, 6) is -0.250. The Morgan fingerprint density at radius 2 is 1.91 bits per heavy atom. The Labute approximate surface area is 137 Å². The number of carboxylic acid groups (broad SMARTS) is 1. The summed E-state index contributed by atoms with van der Waals surface area (Å²) >= 11 is 0. The van der Waals surface area contributed by atoms with Crippen LogP contribution in [0.25, 0.3) is 16.8 Å². The first-order valence-corrected chi connectivity index (χ1v) is 7.93. The smallest absolute Gasteiger partial charge is 0.328 e. The lowest BCUT2D eigenvalue weighted by Gasteiger charge is -2.19. The van der Waals surface area contributed by atoms with Crippen LogP contribution in [0.1, 0.15) is 19.4 Å². The molecule has 2 rings (SSSR count). The third kappa shape index (κ3) is 4.57. The molecule has 0 saturated heterocycles. The lowest BCUT2D eigenvalue weighted by atomic mass is 10.0. The predicted molar refractivity (Wildman–Crippen MR) is 93.9 cm³/mol. The van der Waals surface area contributed by atoms with Crippen molar-refractivity contribution in [2.45, 2.75) is 13.8 Å². The molecule has 2 aromatic rings. The minimum absolute atomic E-state index is 0.577. The van der Waals surface area contributed by atoms with E-state index < -0.39 is 5.97 Å².